The van der Waals surface area contributed by atoms with E-state index in [0.29, 0.717) is 0 Å². The quantitative estimate of drug-likeness (QED) is 0.855. The van der Waals surface area contributed by atoms with Gasteiger partial charge in [0, 0.05) is 18.7 Å². The van der Waals surface area contributed by atoms with Crippen LogP contribution in [0.1, 0.15) is 44.0 Å². The zero-order valence-corrected chi connectivity index (χ0v) is 11.3. The first-order valence-corrected chi connectivity index (χ1v) is 7.35. The van der Waals surface area contributed by atoms with Crippen LogP contribution >= 0.6 is 0 Å². The molecule has 0 radical (unpaired) electrons. The predicted octanol–water partition coefficient (Wildman–Crippen LogP) is 1.65. The lowest BCUT2D eigenvalue weighted by Crippen LogP contribution is -2.55. The van der Waals surface area contributed by atoms with Gasteiger partial charge in [0.25, 0.3) is 0 Å². The van der Waals surface area contributed by atoms with Gasteiger partial charge in [0.2, 0.25) is 0 Å². The van der Waals surface area contributed by atoms with E-state index in [1.807, 2.05) is 6.33 Å². The Bertz CT molecular complexity index is 392. The van der Waals surface area contributed by atoms with Gasteiger partial charge in [-0.2, -0.15) is 0 Å². The summed E-state index contributed by atoms with van der Waals surface area (Å²) in [4.78, 5) is 10.7. The van der Waals surface area contributed by atoms with E-state index in [1.54, 1.807) is 0 Å². The van der Waals surface area contributed by atoms with E-state index in [0.717, 1.165) is 19.5 Å². The Hall–Kier alpha value is -0.870. The average molecular weight is 248 g/mol. The molecule has 1 aromatic rings. The van der Waals surface area contributed by atoms with Gasteiger partial charge in [0.1, 0.15) is 0 Å². The molecule has 100 valence electrons. The predicted molar refractivity (Wildman–Crippen MR) is 72.6 cm³/mol. The Balaban J connectivity index is 1.91. The highest BCUT2D eigenvalue weighted by Gasteiger charge is 2.44. The van der Waals surface area contributed by atoms with Crippen molar-refractivity contribution in [3.05, 3.63) is 17.7 Å². The fourth-order valence-electron chi connectivity index (χ4n) is 3.59. The number of rotatable bonds is 3. The summed E-state index contributed by atoms with van der Waals surface area (Å²) < 4.78 is 0. The molecule has 2 aliphatic rings. The zero-order valence-electron chi connectivity index (χ0n) is 11.3. The number of hydrogen-bond acceptors (Lipinski definition) is 3. The van der Waals surface area contributed by atoms with Crippen LogP contribution in [0.5, 0.6) is 0 Å². The fraction of sp³-hybridized carbons (Fsp3) is 0.786. The number of piperidine rings is 1. The number of imidazole rings is 1. The van der Waals surface area contributed by atoms with E-state index in [4.69, 9.17) is 0 Å². The van der Waals surface area contributed by atoms with Gasteiger partial charge in [-0.05, 0) is 38.9 Å². The number of H-pyrrole nitrogens is 1. The van der Waals surface area contributed by atoms with Gasteiger partial charge in [-0.25, -0.2) is 4.98 Å². The van der Waals surface area contributed by atoms with Crippen LogP contribution in [0.4, 0.5) is 0 Å². The summed E-state index contributed by atoms with van der Waals surface area (Å²) in [5.74, 6) is 0. The summed E-state index contributed by atoms with van der Waals surface area (Å²) in [6, 6.07) is 0. The largest absolute Gasteiger partial charge is 0.348 e. The van der Waals surface area contributed by atoms with E-state index in [1.165, 1.54) is 50.2 Å². The molecule has 2 N–H and O–H groups in total. The van der Waals surface area contributed by atoms with Crippen molar-refractivity contribution >= 4 is 0 Å². The van der Waals surface area contributed by atoms with Gasteiger partial charge in [-0.1, -0.05) is 13.3 Å². The van der Waals surface area contributed by atoms with E-state index < -0.39 is 0 Å². The molecule has 18 heavy (non-hydrogen) atoms. The number of unbranched alkanes of at least 4 members (excludes halogenated alkanes) is 1. The van der Waals surface area contributed by atoms with Crippen LogP contribution in [-0.2, 0) is 12.0 Å². The van der Waals surface area contributed by atoms with Gasteiger partial charge in [0.05, 0.1) is 17.6 Å². The lowest BCUT2D eigenvalue weighted by atomic mass is 9.79. The molecule has 2 aliphatic heterocycles. The second-order valence-electron chi connectivity index (χ2n) is 5.60. The highest BCUT2D eigenvalue weighted by atomic mass is 15.2. The van der Waals surface area contributed by atoms with Crippen molar-refractivity contribution in [2.45, 2.75) is 44.6 Å². The van der Waals surface area contributed by atoms with Crippen molar-refractivity contribution in [2.75, 3.05) is 26.2 Å². The molecule has 0 unspecified atom stereocenters. The van der Waals surface area contributed by atoms with Gasteiger partial charge >= 0.3 is 0 Å². The van der Waals surface area contributed by atoms with Crippen molar-refractivity contribution in [3.63, 3.8) is 0 Å². The van der Waals surface area contributed by atoms with Crippen LogP contribution in [0, 0.1) is 0 Å². The maximum atomic E-state index is 4.67. The average Bonchev–Trinajstić information content (AvgIpc) is 2.89. The Kier molecular flexibility index (Phi) is 3.39. The lowest BCUT2D eigenvalue weighted by Gasteiger charge is -2.48. The Morgan fingerprint density at radius 1 is 1.39 bits per heavy atom. The second kappa shape index (κ2) is 5.02. The number of nitrogens with zero attached hydrogens (tertiary/aromatic N) is 2. The maximum Gasteiger partial charge on any atom is 0.0926 e. The molecule has 1 fully saturated rings. The smallest absolute Gasteiger partial charge is 0.0926 e. The standard InChI is InChI=1S/C14H24N4/c1-2-3-9-18-10-4-12-13(17-11-16-12)14(18)5-7-15-8-6-14/h11,15H,2-10H2,1H3,(H,16,17). The summed E-state index contributed by atoms with van der Waals surface area (Å²) in [5, 5.41) is 3.49. The molecule has 0 atom stereocenters. The monoisotopic (exact) mass is 248 g/mol. The van der Waals surface area contributed by atoms with Crippen molar-refractivity contribution in [2.24, 2.45) is 0 Å². The number of nitrogens with one attached hydrogen (secondary N) is 2. The highest BCUT2D eigenvalue weighted by Crippen LogP contribution is 2.40. The van der Waals surface area contributed by atoms with Gasteiger partial charge in [-0.3, -0.25) is 4.90 Å². The van der Waals surface area contributed by atoms with E-state index in [9.17, 15) is 0 Å². The maximum absolute atomic E-state index is 4.67. The summed E-state index contributed by atoms with van der Waals surface area (Å²) in [5.41, 5.74) is 2.93. The normalized spacial score (nSPS) is 23.2. The van der Waals surface area contributed by atoms with Gasteiger partial charge in [-0.15, -0.1) is 0 Å². The number of fused-ring (bicyclic) bond motifs is 2. The molecule has 1 spiro atoms. The molecule has 4 heteroatoms. The van der Waals surface area contributed by atoms with Crippen molar-refractivity contribution < 1.29 is 0 Å². The molecule has 0 saturated carbocycles. The van der Waals surface area contributed by atoms with E-state index in [2.05, 4.69) is 27.1 Å². The molecular weight excluding hydrogens is 224 g/mol. The van der Waals surface area contributed by atoms with E-state index >= 15 is 0 Å². The van der Waals surface area contributed by atoms with Crippen LogP contribution in [-0.4, -0.2) is 41.0 Å². The molecule has 0 aromatic carbocycles. The SMILES string of the molecule is CCCCN1CCc2[nH]cnc2C12CCNCC2. The lowest BCUT2D eigenvalue weighted by molar-refractivity contribution is 0.0376. The zero-order chi connectivity index (χ0) is 12.4. The van der Waals surface area contributed by atoms with Gasteiger partial charge < -0.3 is 10.3 Å². The van der Waals surface area contributed by atoms with Crippen LogP contribution in [0.2, 0.25) is 0 Å². The third-order valence-corrected chi connectivity index (χ3v) is 4.61. The van der Waals surface area contributed by atoms with Gasteiger partial charge in [0.15, 0.2) is 0 Å². The number of aromatic nitrogens is 2. The third kappa shape index (κ3) is 1.88. The van der Waals surface area contributed by atoms with E-state index in [-0.39, 0.29) is 5.54 Å². The minimum atomic E-state index is 0.216. The minimum absolute atomic E-state index is 0.216. The van der Waals surface area contributed by atoms with Crippen LogP contribution in [0.15, 0.2) is 6.33 Å². The molecule has 0 amide bonds. The molecule has 4 nitrogen and oxygen atoms in total. The first-order valence-electron chi connectivity index (χ1n) is 7.35. The van der Waals surface area contributed by atoms with Crippen LogP contribution in [0.3, 0.4) is 0 Å². The third-order valence-electron chi connectivity index (χ3n) is 4.61. The number of aromatic amines is 1. The molecule has 3 rings (SSSR count). The summed E-state index contributed by atoms with van der Waals surface area (Å²) in [6.07, 6.45) is 8.00. The molecule has 1 saturated heterocycles. The second-order valence-corrected chi connectivity index (χ2v) is 5.60. The van der Waals surface area contributed by atoms with Crippen molar-refractivity contribution in [3.8, 4) is 0 Å². The molecule has 3 heterocycles. The Labute approximate surface area is 109 Å². The first kappa shape index (κ1) is 12.2. The molecule has 0 bridgehead atoms. The van der Waals surface area contributed by atoms with Crippen molar-refractivity contribution in [1.29, 1.82) is 0 Å². The van der Waals surface area contributed by atoms with Crippen LogP contribution < -0.4 is 5.32 Å². The first-order chi connectivity index (χ1) is 8.87. The fourth-order valence-corrected chi connectivity index (χ4v) is 3.59. The van der Waals surface area contributed by atoms with Crippen molar-refractivity contribution in [1.82, 2.24) is 20.2 Å². The topological polar surface area (TPSA) is 44.0 Å². The molecule has 0 aliphatic carbocycles. The molecule has 1 aromatic heterocycles. The number of hydrogen-bond donors (Lipinski definition) is 2. The van der Waals surface area contributed by atoms with Crippen LogP contribution in [0.25, 0.3) is 0 Å². The highest BCUT2D eigenvalue weighted by molar-refractivity contribution is 5.26. The summed E-state index contributed by atoms with van der Waals surface area (Å²) in [7, 11) is 0. The summed E-state index contributed by atoms with van der Waals surface area (Å²) >= 11 is 0. The summed E-state index contributed by atoms with van der Waals surface area (Å²) in [6.45, 7) is 6.93. The Morgan fingerprint density at radius 2 is 2.22 bits per heavy atom. The minimum Gasteiger partial charge on any atom is -0.348 e. The Morgan fingerprint density at radius 3 is 3.00 bits per heavy atom. The molecular formula is C14H24N4.